The maximum absolute atomic E-state index is 10.5. The second-order valence-corrected chi connectivity index (χ2v) is 5.52. The SMILES string of the molecule is Cc1nc(CN2CCCC(CNCC(=O)O)C2)oc1C. The fraction of sp³-hybridized carbons (Fsp3) is 0.714. The van der Waals surface area contributed by atoms with Crippen LogP contribution in [0.25, 0.3) is 0 Å². The van der Waals surface area contributed by atoms with Crippen LogP contribution in [0, 0.1) is 19.8 Å². The monoisotopic (exact) mass is 281 g/mol. The summed E-state index contributed by atoms with van der Waals surface area (Å²) in [5.41, 5.74) is 0.955. The molecule has 2 rings (SSSR count). The first-order chi connectivity index (χ1) is 9.54. The minimum atomic E-state index is -0.802. The Morgan fingerprint density at radius 3 is 3.00 bits per heavy atom. The first-order valence-corrected chi connectivity index (χ1v) is 7.12. The van der Waals surface area contributed by atoms with Crippen LogP contribution in [0.3, 0.4) is 0 Å². The molecular weight excluding hydrogens is 258 g/mol. The zero-order chi connectivity index (χ0) is 14.5. The Morgan fingerprint density at radius 1 is 1.55 bits per heavy atom. The third kappa shape index (κ3) is 4.31. The van der Waals surface area contributed by atoms with Gasteiger partial charge in [-0.15, -0.1) is 0 Å². The number of carbonyl (C=O) groups is 1. The molecule has 2 N–H and O–H groups in total. The van der Waals surface area contributed by atoms with E-state index < -0.39 is 5.97 Å². The van der Waals surface area contributed by atoms with E-state index in [0.717, 1.165) is 56.4 Å². The van der Waals surface area contributed by atoms with Gasteiger partial charge in [0.15, 0.2) is 0 Å². The summed E-state index contributed by atoms with van der Waals surface area (Å²) in [6, 6.07) is 0. The predicted octanol–water partition coefficient (Wildman–Crippen LogP) is 1.18. The highest BCUT2D eigenvalue weighted by Gasteiger charge is 2.21. The molecule has 1 fully saturated rings. The molecule has 1 aromatic heterocycles. The van der Waals surface area contributed by atoms with Crippen molar-refractivity contribution in [3.05, 3.63) is 17.3 Å². The molecule has 0 saturated carbocycles. The summed E-state index contributed by atoms with van der Waals surface area (Å²) >= 11 is 0. The van der Waals surface area contributed by atoms with Crippen LogP contribution in [0.4, 0.5) is 0 Å². The molecule has 0 aromatic carbocycles. The van der Waals surface area contributed by atoms with Crippen molar-refractivity contribution in [3.63, 3.8) is 0 Å². The van der Waals surface area contributed by atoms with E-state index in [1.165, 1.54) is 0 Å². The van der Waals surface area contributed by atoms with Crippen molar-refractivity contribution in [3.8, 4) is 0 Å². The van der Waals surface area contributed by atoms with Crippen molar-refractivity contribution in [1.82, 2.24) is 15.2 Å². The molecule has 1 unspecified atom stereocenters. The maximum atomic E-state index is 10.5. The number of oxazole rings is 1. The molecule has 112 valence electrons. The molecule has 1 aliphatic heterocycles. The molecule has 0 aliphatic carbocycles. The molecule has 0 radical (unpaired) electrons. The lowest BCUT2D eigenvalue weighted by molar-refractivity contribution is -0.136. The minimum absolute atomic E-state index is 0.0363. The van der Waals surface area contributed by atoms with Gasteiger partial charge in [-0.3, -0.25) is 9.69 Å². The third-order valence-electron chi connectivity index (χ3n) is 3.74. The number of nitrogens with one attached hydrogen (secondary N) is 1. The Labute approximate surface area is 119 Å². The molecular formula is C14H23N3O3. The number of aryl methyl sites for hydroxylation is 2. The van der Waals surface area contributed by atoms with Gasteiger partial charge in [0.25, 0.3) is 0 Å². The van der Waals surface area contributed by atoms with Crippen LogP contribution in [0.2, 0.25) is 0 Å². The number of carboxylic acids is 1. The molecule has 0 spiro atoms. The highest BCUT2D eigenvalue weighted by atomic mass is 16.4. The summed E-state index contributed by atoms with van der Waals surface area (Å²) in [6.45, 7) is 7.44. The van der Waals surface area contributed by atoms with Gasteiger partial charge in [-0.25, -0.2) is 4.98 Å². The molecule has 0 amide bonds. The van der Waals surface area contributed by atoms with Gasteiger partial charge in [-0.1, -0.05) is 0 Å². The molecule has 1 aromatic rings. The second-order valence-electron chi connectivity index (χ2n) is 5.52. The van der Waals surface area contributed by atoms with Crippen molar-refractivity contribution in [2.75, 3.05) is 26.2 Å². The predicted molar refractivity (Wildman–Crippen MR) is 74.5 cm³/mol. The van der Waals surface area contributed by atoms with Crippen LogP contribution >= 0.6 is 0 Å². The molecule has 1 atom stereocenters. The summed E-state index contributed by atoms with van der Waals surface area (Å²) in [7, 11) is 0. The highest BCUT2D eigenvalue weighted by molar-refractivity contribution is 5.68. The van der Waals surface area contributed by atoms with Crippen LogP contribution < -0.4 is 5.32 Å². The maximum Gasteiger partial charge on any atom is 0.317 e. The molecule has 0 bridgehead atoms. The zero-order valence-corrected chi connectivity index (χ0v) is 12.2. The average Bonchev–Trinajstić information content (AvgIpc) is 2.68. The molecule has 2 heterocycles. The van der Waals surface area contributed by atoms with Gasteiger partial charge in [-0.05, 0) is 45.7 Å². The van der Waals surface area contributed by atoms with Crippen LogP contribution in [0.1, 0.15) is 30.2 Å². The van der Waals surface area contributed by atoms with E-state index in [1.54, 1.807) is 0 Å². The summed E-state index contributed by atoms with van der Waals surface area (Å²) in [6.07, 6.45) is 2.28. The van der Waals surface area contributed by atoms with Crippen molar-refractivity contribution >= 4 is 5.97 Å². The number of nitrogens with zero attached hydrogens (tertiary/aromatic N) is 2. The molecule has 6 nitrogen and oxygen atoms in total. The van der Waals surface area contributed by atoms with E-state index in [-0.39, 0.29) is 6.54 Å². The molecule has 1 aliphatic rings. The van der Waals surface area contributed by atoms with Gasteiger partial charge in [0.2, 0.25) is 5.89 Å². The first kappa shape index (κ1) is 15.0. The molecule has 20 heavy (non-hydrogen) atoms. The van der Waals surface area contributed by atoms with Gasteiger partial charge >= 0.3 is 5.97 Å². The molecule has 6 heteroatoms. The first-order valence-electron chi connectivity index (χ1n) is 7.12. The summed E-state index contributed by atoms with van der Waals surface area (Å²) < 4.78 is 5.62. The van der Waals surface area contributed by atoms with E-state index in [1.807, 2.05) is 13.8 Å². The minimum Gasteiger partial charge on any atom is -0.480 e. The topological polar surface area (TPSA) is 78.6 Å². The zero-order valence-electron chi connectivity index (χ0n) is 12.2. The number of likely N-dealkylation sites (tertiary alicyclic amines) is 1. The number of rotatable bonds is 6. The number of aromatic nitrogens is 1. The standard InChI is InChI=1S/C14H23N3O3/c1-10-11(2)20-13(16-10)9-17-5-3-4-12(8-17)6-15-7-14(18)19/h12,15H,3-9H2,1-2H3,(H,18,19). The average molecular weight is 281 g/mol. The van der Waals surface area contributed by atoms with Crippen molar-refractivity contribution < 1.29 is 14.3 Å². The van der Waals surface area contributed by atoms with E-state index in [2.05, 4.69) is 15.2 Å². The van der Waals surface area contributed by atoms with Gasteiger partial charge in [-0.2, -0.15) is 0 Å². The Bertz CT molecular complexity index is 439. The summed E-state index contributed by atoms with van der Waals surface area (Å²) in [4.78, 5) is 17.2. The van der Waals surface area contributed by atoms with Crippen molar-refractivity contribution in [2.45, 2.75) is 33.2 Å². The van der Waals surface area contributed by atoms with Crippen LogP contribution in [-0.4, -0.2) is 47.1 Å². The number of hydrogen-bond acceptors (Lipinski definition) is 5. The van der Waals surface area contributed by atoms with Gasteiger partial charge in [0, 0.05) is 6.54 Å². The number of hydrogen-bond donors (Lipinski definition) is 2. The number of aliphatic carboxylic acids is 1. The number of carboxylic acid groups (broad SMARTS) is 1. The molecule has 1 saturated heterocycles. The van der Waals surface area contributed by atoms with Crippen LogP contribution in [0.15, 0.2) is 4.42 Å². The highest BCUT2D eigenvalue weighted by Crippen LogP contribution is 2.18. The Kier molecular flexibility index (Phi) is 5.14. The Morgan fingerprint density at radius 2 is 2.35 bits per heavy atom. The lowest BCUT2D eigenvalue weighted by Gasteiger charge is -2.31. The fourth-order valence-electron chi connectivity index (χ4n) is 2.64. The normalized spacial score (nSPS) is 20.2. The fourth-order valence-corrected chi connectivity index (χ4v) is 2.64. The van der Waals surface area contributed by atoms with Gasteiger partial charge in [0.05, 0.1) is 18.8 Å². The van der Waals surface area contributed by atoms with E-state index in [9.17, 15) is 4.79 Å². The summed E-state index contributed by atoms with van der Waals surface area (Å²) in [5.74, 6) is 1.36. The lowest BCUT2D eigenvalue weighted by Crippen LogP contribution is -2.40. The van der Waals surface area contributed by atoms with Gasteiger partial charge in [0.1, 0.15) is 5.76 Å². The Hall–Kier alpha value is -1.40. The van der Waals surface area contributed by atoms with Crippen LogP contribution in [-0.2, 0) is 11.3 Å². The van der Waals surface area contributed by atoms with E-state index in [4.69, 9.17) is 9.52 Å². The van der Waals surface area contributed by atoms with Gasteiger partial charge < -0.3 is 14.8 Å². The van der Waals surface area contributed by atoms with E-state index in [0.29, 0.717) is 5.92 Å². The van der Waals surface area contributed by atoms with Crippen molar-refractivity contribution in [1.29, 1.82) is 0 Å². The lowest BCUT2D eigenvalue weighted by atomic mass is 9.98. The third-order valence-corrected chi connectivity index (χ3v) is 3.74. The number of piperidine rings is 1. The second kappa shape index (κ2) is 6.85. The van der Waals surface area contributed by atoms with Crippen molar-refractivity contribution in [2.24, 2.45) is 5.92 Å². The summed E-state index contributed by atoms with van der Waals surface area (Å²) in [5, 5.41) is 11.6. The Balaban J connectivity index is 1.79. The van der Waals surface area contributed by atoms with Crippen LogP contribution in [0.5, 0.6) is 0 Å². The van der Waals surface area contributed by atoms with E-state index >= 15 is 0 Å². The smallest absolute Gasteiger partial charge is 0.317 e. The quantitative estimate of drug-likeness (QED) is 0.815. The largest absolute Gasteiger partial charge is 0.480 e.